The molecule has 0 aliphatic heterocycles. The van der Waals surface area contributed by atoms with E-state index in [-0.39, 0.29) is 6.61 Å². The fourth-order valence-electron chi connectivity index (χ4n) is 2.63. The van der Waals surface area contributed by atoms with Gasteiger partial charge in [0.1, 0.15) is 0 Å². The average molecular weight is 293 g/mol. The Morgan fingerprint density at radius 3 is 2.19 bits per heavy atom. The smallest absolute Gasteiger partial charge is 0.0799 e. The molecule has 0 heterocycles. The standard InChI is InChI=1S/C17H31N3O/c1-15(2)18-17(14-21,16-9-7-6-8-10-16)13-20(5)12-11-19(3)4/h6-10,15,18,21H,11-14H2,1-5H3. The molecular formula is C17H31N3O. The molecular weight excluding hydrogens is 262 g/mol. The summed E-state index contributed by atoms with van der Waals surface area (Å²) in [4.78, 5) is 4.45. The third-order valence-electron chi connectivity index (χ3n) is 3.63. The van der Waals surface area contributed by atoms with Crippen LogP contribution in [0.5, 0.6) is 0 Å². The van der Waals surface area contributed by atoms with Gasteiger partial charge in [0.05, 0.1) is 12.1 Å². The number of hydrogen-bond donors (Lipinski definition) is 2. The van der Waals surface area contributed by atoms with Gasteiger partial charge < -0.3 is 20.2 Å². The summed E-state index contributed by atoms with van der Waals surface area (Å²) in [6.45, 7) is 7.08. The summed E-state index contributed by atoms with van der Waals surface area (Å²) in [5.74, 6) is 0. The maximum atomic E-state index is 10.1. The summed E-state index contributed by atoms with van der Waals surface area (Å²) in [6, 6.07) is 10.6. The summed E-state index contributed by atoms with van der Waals surface area (Å²) in [7, 11) is 6.27. The van der Waals surface area contributed by atoms with Gasteiger partial charge in [-0.15, -0.1) is 0 Å². The summed E-state index contributed by atoms with van der Waals surface area (Å²) < 4.78 is 0. The van der Waals surface area contributed by atoms with Crippen LogP contribution < -0.4 is 5.32 Å². The molecule has 2 N–H and O–H groups in total. The third-order valence-corrected chi connectivity index (χ3v) is 3.63. The predicted molar refractivity (Wildman–Crippen MR) is 89.5 cm³/mol. The summed E-state index contributed by atoms with van der Waals surface area (Å²) in [5.41, 5.74) is 0.717. The summed E-state index contributed by atoms with van der Waals surface area (Å²) in [6.07, 6.45) is 0. The van der Waals surface area contributed by atoms with Crippen molar-refractivity contribution >= 4 is 0 Å². The highest BCUT2D eigenvalue weighted by molar-refractivity contribution is 5.25. The van der Waals surface area contributed by atoms with Crippen molar-refractivity contribution in [2.45, 2.75) is 25.4 Å². The van der Waals surface area contributed by atoms with Crippen LogP contribution in [0.3, 0.4) is 0 Å². The molecule has 0 bridgehead atoms. The first-order chi connectivity index (χ1) is 9.89. The minimum absolute atomic E-state index is 0.0848. The molecule has 1 aromatic rings. The van der Waals surface area contributed by atoms with Crippen molar-refractivity contribution < 1.29 is 5.11 Å². The van der Waals surface area contributed by atoms with Gasteiger partial charge in [0.15, 0.2) is 0 Å². The van der Waals surface area contributed by atoms with Crippen LogP contribution in [-0.2, 0) is 5.54 Å². The molecule has 0 aromatic heterocycles. The van der Waals surface area contributed by atoms with Gasteiger partial charge >= 0.3 is 0 Å². The van der Waals surface area contributed by atoms with Crippen LogP contribution in [0.2, 0.25) is 0 Å². The van der Waals surface area contributed by atoms with Crippen molar-refractivity contribution in [3.63, 3.8) is 0 Å². The zero-order chi connectivity index (χ0) is 15.9. The second kappa shape index (κ2) is 8.49. The Kier molecular flexibility index (Phi) is 7.32. The third kappa shape index (κ3) is 5.75. The highest BCUT2D eigenvalue weighted by Crippen LogP contribution is 2.22. The van der Waals surface area contributed by atoms with Gasteiger partial charge in [0, 0.05) is 25.7 Å². The van der Waals surface area contributed by atoms with E-state index in [0.717, 1.165) is 25.2 Å². The number of aliphatic hydroxyl groups is 1. The van der Waals surface area contributed by atoms with Crippen LogP contribution in [0, 0.1) is 0 Å². The van der Waals surface area contributed by atoms with Gasteiger partial charge in [-0.3, -0.25) is 0 Å². The van der Waals surface area contributed by atoms with Crippen LogP contribution in [0.25, 0.3) is 0 Å². The molecule has 0 aliphatic rings. The Morgan fingerprint density at radius 1 is 1.10 bits per heavy atom. The Labute approximate surface area is 129 Å². The molecule has 4 heteroatoms. The zero-order valence-electron chi connectivity index (χ0n) is 14.1. The van der Waals surface area contributed by atoms with E-state index in [2.05, 4.69) is 62.2 Å². The quantitative estimate of drug-likeness (QED) is 0.721. The molecule has 0 saturated carbocycles. The van der Waals surface area contributed by atoms with Crippen LogP contribution in [-0.4, -0.2) is 68.3 Å². The van der Waals surface area contributed by atoms with Crippen LogP contribution in [0.4, 0.5) is 0 Å². The SMILES string of the molecule is CC(C)NC(CO)(CN(C)CCN(C)C)c1ccccc1. The summed E-state index contributed by atoms with van der Waals surface area (Å²) in [5, 5.41) is 13.7. The first kappa shape index (κ1) is 18.1. The highest BCUT2D eigenvalue weighted by atomic mass is 16.3. The maximum absolute atomic E-state index is 10.1. The van der Waals surface area contributed by atoms with Gasteiger partial charge in [-0.1, -0.05) is 30.3 Å². The lowest BCUT2D eigenvalue weighted by atomic mass is 9.89. The van der Waals surface area contributed by atoms with Crippen molar-refractivity contribution in [1.82, 2.24) is 15.1 Å². The number of likely N-dealkylation sites (N-methyl/N-ethyl adjacent to an activating group) is 2. The molecule has 0 radical (unpaired) electrons. The number of benzene rings is 1. The molecule has 1 aromatic carbocycles. The minimum Gasteiger partial charge on any atom is -0.394 e. The molecule has 4 nitrogen and oxygen atoms in total. The van der Waals surface area contributed by atoms with Crippen molar-refractivity contribution in [1.29, 1.82) is 0 Å². The fraction of sp³-hybridized carbons (Fsp3) is 0.647. The lowest BCUT2D eigenvalue weighted by molar-refractivity contribution is 0.107. The molecule has 21 heavy (non-hydrogen) atoms. The van der Waals surface area contributed by atoms with Gasteiger partial charge in [0.25, 0.3) is 0 Å². The minimum atomic E-state index is -0.420. The largest absolute Gasteiger partial charge is 0.394 e. The predicted octanol–water partition coefficient (Wildman–Crippen LogP) is 1.37. The van der Waals surface area contributed by atoms with Gasteiger partial charge in [-0.25, -0.2) is 0 Å². The van der Waals surface area contributed by atoms with E-state index in [1.165, 1.54) is 0 Å². The Morgan fingerprint density at radius 2 is 1.71 bits per heavy atom. The molecule has 0 aliphatic carbocycles. The Balaban J connectivity index is 2.91. The van der Waals surface area contributed by atoms with Crippen LogP contribution in [0.15, 0.2) is 30.3 Å². The monoisotopic (exact) mass is 293 g/mol. The normalized spacial score (nSPS) is 14.9. The fourth-order valence-corrected chi connectivity index (χ4v) is 2.63. The van der Waals surface area contributed by atoms with E-state index >= 15 is 0 Å². The lowest BCUT2D eigenvalue weighted by Gasteiger charge is -2.39. The van der Waals surface area contributed by atoms with Gasteiger partial charge in [0.2, 0.25) is 0 Å². The number of rotatable bonds is 9. The van der Waals surface area contributed by atoms with Crippen LogP contribution >= 0.6 is 0 Å². The first-order valence-electron chi connectivity index (χ1n) is 7.67. The van der Waals surface area contributed by atoms with Crippen molar-refractivity contribution in [3.05, 3.63) is 35.9 Å². The van der Waals surface area contributed by atoms with E-state index < -0.39 is 5.54 Å². The molecule has 120 valence electrons. The zero-order valence-corrected chi connectivity index (χ0v) is 14.1. The number of aliphatic hydroxyl groups excluding tert-OH is 1. The molecule has 0 spiro atoms. The number of nitrogens with zero attached hydrogens (tertiary/aromatic N) is 2. The van der Waals surface area contributed by atoms with E-state index in [0.29, 0.717) is 6.04 Å². The van der Waals surface area contributed by atoms with E-state index in [4.69, 9.17) is 0 Å². The highest BCUT2D eigenvalue weighted by Gasteiger charge is 2.33. The Hall–Kier alpha value is -0.940. The molecule has 1 rings (SSSR count). The van der Waals surface area contributed by atoms with Crippen molar-refractivity contribution in [2.24, 2.45) is 0 Å². The first-order valence-corrected chi connectivity index (χ1v) is 7.67. The van der Waals surface area contributed by atoms with E-state index in [9.17, 15) is 5.11 Å². The van der Waals surface area contributed by atoms with Crippen LogP contribution in [0.1, 0.15) is 19.4 Å². The summed E-state index contributed by atoms with van der Waals surface area (Å²) >= 11 is 0. The number of nitrogens with one attached hydrogen (secondary N) is 1. The molecule has 0 saturated heterocycles. The topological polar surface area (TPSA) is 38.7 Å². The maximum Gasteiger partial charge on any atom is 0.0799 e. The lowest BCUT2D eigenvalue weighted by Crippen LogP contribution is -2.55. The van der Waals surface area contributed by atoms with Crippen molar-refractivity contribution in [3.8, 4) is 0 Å². The van der Waals surface area contributed by atoms with Gasteiger partial charge in [-0.2, -0.15) is 0 Å². The van der Waals surface area contributed by atoms with E-state index in [1.807, 2.05) is 18.2 Å². The molecule has 1 atom stereocenters. The second-order valence-electron chi connectivity index (χ2n) is 6.45. The van der Waals surface area contributed by atoms with E-state index in [1.54, 1.807) is 0 Å². The molecule has 0 fully saturated rings. The number of hydrogen-bond acceptors (Lipinski definition) is 4. The second-order valence-corrected chi connectivity index (χ2v) is 6.45. The Bertz CT molecular complexity index is 394. The molecule has 1 unspecified atom stereocenters. The average Bonchev–Trinajstić information content (AvgIpc) is 2.44. The van der Waals surface area contributed by atoms with Crippen molar-refractivity contribution in [2.75, 3.05) is 47.4 Å². The van der Waals surface area contributed by atoms with Gasteiger partial charge in [-0.05, 0) is 40.6 Å². The molecule has 0 amide bonds.